The third-order valence-corrected chi connectivity index (χ3v) is 5.77. The molecule has 2 unspecified atom stereocenters. The first-order valence-electron chi connectivity index (χ1n) is 9.42. The number of carbonyl (C=O) groups excluding carboxylic acids is 2. The maximum atomic E-state index is 12.8. The molecule has 1 aromatic carbocycles. The number of fused-ring (bicyclic) bond motifs is 1. The van der Waals surface area contributed by atoms with E-state index in [1.165, 1.54) is 14.0 Å². The van der Waals surface area contributed by atoms with Crippen LogP contribution in [0.2, 0.25) is 0 Å². The number of hydrogen-bond acceptors (Lipinski definition) is 4. The van der Waals surface area contributed by atoms with E-state index in [-0.39, 0.29) is 30.5 Å². The first-order chi connectivity index (χ1) is 13.4. The van der Waals surface area contributed by atoms with Crippen molar-refractivity contribution in [3.05, 3.63) is 34.2 Å². The number of nitrogens with zero attached hydrogens (tertiary/aromatic N) is 3. The van der Waals surface area contributed by atoms with E-state index in [9.17, 15) is 24.3 Å². The van der Waals surface area contributed by atoms with Crippen molar-refractivity contribution in [1.29, 1.82) is 0 Å². The second-order valence-corrected chi connectivity index (χ2v) is 7.41. The second-order valence-electron chi connectivity index (χ2n) is 7.41. The van der Waals surface area contributed by atoms with Crippen LogP contribution in [0, 0.1) is 0 Å². The summed E-state index contributed by atoms with van der Waals surface area (Å²) in [6.07, 6.45) is 2.05. The van der Waals surface area contributed by atoms with Gasteiger partial charge < -0.3 is 10.0 Å². The highest BCUT2D eigenvalue weighted by Gasteiger charge is 2.32. The molecule has 28 heavy (non-hydrogen) atoms. The van der Waals surface area contributed by atoms with Crippen LogP contribution in [0.1, 0.15) is 49.8 Å². The van der Waals surface area contributed by atoms with E-state index in [1.54, 1.807) is 13.1 Å². The number of nitrogens with one attached hydrogen (secondary N) is 1. The maximum Gasteiger partial charge on any atom is 0.407 e. The lowest BCUT2D eigenvalue weighted by molar-refractivity contribution is -0.135. The first-order valence-corrected chi connectivity index (χ1v) is 9.42. The lowest BCUT2D eigenvalue weighted by atomic mass is 9.95. The summed E-state index contributed by atoms with van der Waals surface area (Å²) in [6.45, 7) is 0.494. The quantitative estimate of drug-likeness (QED) is 0.760. The minimum absolute atomic E-state index is 0.187. The van der Waals surface area contributed by atoms with Crippen molar-refractivity contribution >= 4 is 28.9 Å². The van der Waals surface area contributed by atoms with Crippen molar-refractivity contribution < 1.29 is 19.5 Å². The van der Waals surface area contributed by atoms with Gasteiger partial charge in [-0.05, 0) is 43.4 Å². The van der Waals surface area contributed by atoms with E-state index in [1.807, 2.05) is 12.1 Å². The van der Waals surface area contributed by atoms with Crippen molar-refractivity contribution in [1.82, 2.24) is 19.4 Å². The first kappa shape index (κ1) is 18.3. The van der Waals surface area contributed by atoms with Crippen LogP contribution in [0.4, 0.5) is 4.79 Å². The van der Waals surface area contributed by atoms with Gasteiger partial charge in [0.2, 0.25) is 11.8 Å². The second kappa shape index (κ2) is 6.81. The molecule has 2 aliphatic heterocycles. The van der Waals surface area contributed by atoms with Crippen molar-refractivity contribution in [3.8, 4) is 0 Å². The molecule has 9 nitrogen and oxygen atoms in total. The number of aromatic nitrogens is 2. The molecular formula is C19H22N4O5. The van der Waals surface area contributed by atoms with E-state index >= 15 is 0 Å². The summed E-state index contributed by atoms with van der Waals surface area (Å²) in [5.41, 5.74) is 1.75. The van der Waals surface area contributed by atoms with Crippen molar-refractivity contribution in [2.75, 3.05) is 6.54 Å². The smallest absolute Gasteiger partial charge is 0.407 e. The Morgan fingerprint density at radius 2 is 1.89 bits per heavy atom. The Morgan fingerprint density at radius 1 is 1.11 bits per heavy atom. The average Bonchev–Trinajstić information content (AvgIpc) is 2.92. The van der Waals surface area contributed by atoms with E-state index in [0.717, 1.165) is 24.8 Å². The number of rotatable bonds is 2. The summed E-state index contributed by atoms with van der Waals surface area (Å²) in [6, 6.07) is 4.46. The zero-order valence-corrected chi connectivity index (χ0v) is 15.6. The number of carboxylic acid groups (broad SMARTS) is 1. The van der Waals surface area contributed by atoms with Gasteiger partial charge in [-0.1, -0.05) is 6.07 Å². The molecule has 2 fully saturated rings. The fourth-order valence-corrected chi connectivity index (χ4v) is 4.32. The third-order valence-electron chi connectivity index (χ3n) is 5.77. The monoisotopic (exact) mass is 386 g/mol. The summed E-state index contributed by atoms with van der Waals surface area (Å²) in [5.74, 6) is -0.804. The topological polar surface area (TPSA) is 114 Å². The molecule has 0 radical (unpaired) electrons. The molecule has 2 atom stereocenters. The maximum absolute atomic E-state index is 12.8. The van der Waals surface area contributed by atoms with Crippen LogP contribution < -0.4 is 11.0 Å². The number of imidazole rings is 1. The molecule has 1 aromatic heterocycles. The normalized spacial score (nSPS) is 23.1. The van der Waals surface area contributed by atoms with Gasteiger partial charge in [-0.3, -0.25) is 24.0 Å². The lowest BCUT2D eigenvalue weighted by Crippen LogP contribution is -2.44. The highest BCUT2D eigenvalue weighted by molar-refractivity contribution is 6.00. The number of likely N-dealkylation sites (tertiary alicyclic amines) is 1. The molecule has 9 heteroatoms. The highest BCUT2D eigenvalue weighted by Crippen LogP contribution is 2.33. The number of hydrogen-bond donors (Lipinski definition) is 2. The van der Waals surface area contributed by atoms with Gasteiger partial charge in [-0.15, -0.1) is 0 Å². The molecule has 2 N–H and O–H groups in total. The predicted molar refractivity (Wildman–Crippen MR) is 99.9 cm³/mol. The van der Waals surface area contributed by atoms with Gasteiger partial charge >= 0.3 is 11.8 Å². The van der Waals surface area contributed by atoms with Gasteiger partial charge in [0.25, 0.3) is 0 Å². The van der Waals surface area contributed by atoms with Crippen LogP contribution in [0.5, 0.6) is 0 Å². The van der Waals surface area contributed by atoms with Gasteiger partial charge in [-0.25, -0.2) is 9.59 Å². The summed E-state index contributed by atoms with van der Waals surface area (Å²) in [5, 5.41) is 11.8. The van der Waals surface area contributed by atoms with Crippen LogP contribution in [0.25, 0.3) is 11.0 Å². The molecule has 2 aliphatic rings. The zero-order valence-electron chi connectivity index (χ0n) is 15.6. The van der Waals surface area contributed by atoms with Crippen molar-refractivity contribution in [2.45, 2.75) is 44.2 Å². The Hall–Kier alpha value is -3.10. The van der Waals surface area contributed by atoms with Crippen LogP contribution in [0.15, 0.2) is 23.0 Å². The molecule has 0 aliphatic carbocycles. The van der Waals surface area contributed by atoms with Crippen LogP contribution in [-0.2, 0) is 16.6 Å². The number of carbonyl (C=O) groups is 3. The molecule has 0 spiro atoms. The van der Waals surface area contributed by atoms with Gasteiger partial charge in [0.1, 0.15) is 6.04 Å². The number of aryl methyl sites for hydroxylation is 1. The van der Waals surface area contributed by atoms with Crippen LogP contribution in [-0.4, -0.2) is 43.6 Å². The Morgan fingerprint density at radius 3 is 2.61 bits per heavy atom. The van der Waals surface area contributed by atoms with Crippen LogP contribution in [0.3, 0.4) is 0 Å². The summed E-state index contributed by atoms with van der Waals surface area (Å²) >= 11 is 0. The Kier molecular flexibility index (Phi) is 4.44. The SMILES string of the molecule is Cn1c(=O)n(C2CCC(=O)NC2=O)c2ccc(C3CCCCN3C(=O)O)cc21. The highest BCUT2D eigenvalue weighted by atomic mass is 16.4. The van der Waals surface area contributed by atoms with Crippen molar-refractivity contribution in [2.24, 2.45) is 7.05 Å². The molecule has 148 valence electrons. The summed E-state index contributed by atoms with van der Waals surface area (Å²) < 4.78 is 2.90. The minimum Gasteiger partial charge on any atom is -0.465 e. The molecule has 4 rings (SSSR count). The fourth-order valence-electron chi connectivity index (χ4n) is 4.32. The largest absolute Gasteiger partial charge is 0.465 e. The van der Waals surface area contributed by atoms with Crippen molar-refractivity contribution in [3.63, 3.8) is 0 Å². The summed E-state index contributed by atoms with van der Waals surface area (Å²) in [4.78, 5) is 49.6. The molecule has 2 aromatic rings. The number of amides is 3. The Bertz CT molecular complexity index is 1040. The lowest BCUT2D eigenvalue weighted by Gasteiger charge is -2.33. The molecule has 0 saturated carbocycles. The zero-order chi connectivity index (χ0) is 20.0. The number of piperidine rings is 2. The molecule has 0 bridgehead atoms. The van der Waals surface area contributed by atoms with Gasteiger partial charge in [0.15, 0.2) is 0 Å². The summed E-state index contributed by atoms with van der Waals surface area (Å²) in [7, 11) is 1.63. The third kappa shape index (κ3) is 2.87. The van der Waals surface area contributed by atoms with Crippen LogP contribution >= 0.6 is 0 Å². The predicted octanol–water partition coefficient (Wildman–Crippen LogP) is 1.52. The number of benzene rings is 1. The van der Waals surface area contributed by atoms with E-state index in [2.05, 4.69) is 5.32 Å². The van der Waals surface area contributed by atoms with Gasteiger partial charge in [-0.2, -0.15) is 0 Å². The molecular weight excluding hydrogens is 364 g/mol. The standard InChI is InChI=1S/C19H22N4O5/c1-21-15-10-11(12-4-2-3-9-22(12)19(27)28)5-6-13(15)23(18(21)26)14-7-8-16(24)20-17(14)25/h5-6,10,12,14H,2-4,7-9H2,1H3,(H,27,28)(H,20,24,25). The minimum atomic E-state index is -0.945. The Labute approximate surface area is 160 Å². The van der Waals surface area contributed by atoms with E-state index < -0.39 is 18.0 Å². The number of imide groups is 1. The Balaban J connectivity index is 1.78. The molecule has 3 amide bonds. The molecule has 2 saturated heterocycles. The average molecular weight is 386 g/mol. The van der Waals surface area contributed by atoms with Gasteiger partial charge in [0.05, 0.1) is 17.1 Å². The van der Waals surface area contributed by atoms with E-state index in [4.69, 9.17) is 0 Å². The fraction of sp³-hybridized carbons (Fsp3) is 0.474. The van der Waals surface area contributed by atoms with E-state index in [0.29, 0.717) is 17.6 Å². The molecule has 3 heterocycles. The van der Waals surface area contributed by atoms with Gasteiger partial charge in [0, 0.05) is 20.0 Å².